The zero-order chi connectivity index (χ0) is 33.5. The van der Waals surface area contributed by atoms with Crippen LogP contribution in [0.1, 0.15) is 42.4 Å². The summed E-state index contributed by atoms with van der Waals surface area (Å²) < 4.78 is 16.0. The largest absolute Gasteiger partial charge is 0.445 e. The van der Waals surface area contributed by atoms with Gasteiger partial charge in [0.1, 0.15) is 25.9 Å². The molecule has 12 heteroatoms. The van der Waals surface area contributed by atoms with E-state index in [9.17, 15) is 19.2 Å². The highest BCUT2D eigenvalue weighted by Gasteiger charge is 2.29. The molecule has 0 radical (unpaired) electrons. The van der Waals surface area contributed by atoms with Gasteiger partial charge in [0.25, 0.3) is 0 Å². The van der Waals surface area contributed by atoms with Gasteiger partial charge >= 0.3 is 18.3 Å². The molecule has 0 aliphatic rings. The van der Waals surface area contributed by atoms with Crippen LogP contribution in [0.3, 0.4) is 0 Å². The van der Waals surface area contributed by atoms with Crippen LogP contribution < -0.4 is 21.7 Å². The number of carbonyl (C=O) groups excluding carboxylic acids is 4. The van der Waals surface area contributed by atoms with E-state index in [2.05, 4.69) is 16.0 Å². The predicted octanol–water partition coefficient (Wildman–Crippen LogP) is 4.48. The van der Waals surface area contributed by atoms with E-state index in [1.165, 1.54) is 4.90 Å². The molecule has 3 rings (SSSR count). The fraction of sp³-hybridized carbons (Fsp3) is 0.371. The Morgan fingerprint density at radius 3 is 1.53 bits per heavy atom. The van der Waals surface area contributed by atoms with E-state index in [0.717, 1.165) is 16.7 Å². The van der Waals surface area contributed by atoms with Gasteiger partial charge in [-0.25, -0.2) is 14.4 Å². The fourth-order valence-electron chi connectivity index (χ4n) is 4.57. The number of amides is 4. The second-order valence-electron chi connectivity index (χ2n) is 10.7. The van der Waals surface area contributed by atoms with Gasteiger partial charge in [-0.15, -0.1) is 0 Å². The highest BCUT2D eigenvalue weighted by molar-refractivity contribution is 5.84. The maximum Gasteiger partial charge on any atom is 0.410 e. The van der Waals surface area contributed by atoms with E-state index < -0.39 is 30.2 Å². The molecule has 0 fully saturated rings. The van der Waals surface area contributed by atoms with E-state index in [1.54, 1.807) is 0 Å². The van der Waals surface area contributed by atoms with Gasteiger partial charge in [0.05, 0.1) is 0 Å². The minimum atomic E-state index is -0.897. The summed E-state index contributed by atoms with van der Waals surface area (Å²) in [6.07, 6.45) is 0.191. The molecule has 0 aromatic heterocycles. The van der Waals surface area contributed by atoms with Crippen LogP contribution in [0.5, 0.6) is 0 Å². The maximum absolute atomic E-state index is 13.2. The van der Waals surface area contributed by atoms with Crippen LogP contribution in [0.2, 0.25) is 0 Å². The summed E-state index contributed by atoms with van der Waals surface area (Å²) in [5, 5.41) is 8.66. The van der Waals surface area contributed by atoms with Gasteiger partial charge in [0.15, 0.2) is 0 Å². The average molecular weight is 648 g/mol. The second-order valence-corrected chi connectivity index (χ2v) is 10.7. The number of benzene rings is 3. The van der Waals surface area contributed by atoms with E-state index in [1.807, 2.05) is 91.0 Å². The van der Waals surface area contributed by atoms with Crippen molar-refractivity contribution in [2.75, 3.05) is 32.7 Å². The lowest BCUT2D eigenvalue weighted by molar-refractivity contribution is -0.123. The molecule has 3 aromatic carbocycles. The molecule has 12 nitrogen and oxygen atoms in total. The molecule has 0 heterocycles. The van der Waals surface area contributed by atoms with Crippen molar-refractivity contribution in [2.24, 2.45) is 5.73 Å². The molecule has 0 bridgehead atoms. The number of alkyl carbamates (subject to hydrolysis) is 2. The number of primary amides is 1. The van der Waals surface area contributed by atoms with Crippen molar-refractivity contribution in [2.45, 2.75) is 51.5 Å². The summed E-state index contributed by atoms with van der Waals surface area (Å²) in [5.74, 6) is -0.643. The number of ether oxygens (including phenoxy) is 3. The second kappa shape index (κ2) is 21.6. The Bertz CT molecular complexity index is 1350. The Labute approximate surface area is 275 Å². The Morgan fingerprint density at radius 2 is 1.04 bits per heavy atom. The minimum Gasteiger partial charge on any atom is -0.445 e. The van der Waals surface area contributed by atoms with E-state index in [-0.39, 0.29) is 32.9 Å². The van der Waals surface area contributed by atoms with Crippen LogP contribution in [0.15, 0.2) is 91.0 Å². The van der Waals surface area contributed by atoms with Crippen molar-refractivity contribution >= 4 is 24.2 Å². The maximum atomic E-state index is 13.2. The molecule has 0 spiro atoms. The third kappa shape index (κ3) is 15.2. The normalized spacial score (nSPS) is 11.1. The lowest BCUT2D eigenvalue weighted by Gasteiger charge is -2.29. The first-order valence-electron chi connectivity index (χ1n) is 15.8. The number of nitrogens with one attached hydrogen (secondary N) is 3. The van der Waals surface area contributed by atoms with Gasteiger partial charge in [-0.05, 0) is 55.5 Å². The molecule has 0 aliphatic heterocycles. The van der Waals surface area contributed by atoms with Gasteiger partial charge in [0, 0.05) is 19.6 Å². The number of nitrogens with two attached hydrogens (primary N) is 1. The lowest BCUT2D eigenvalue weighted by atomic mass is 10.1. The van der Waals surface area contributed by atoms with E-state index in [0.29, 0.717) is 45.3 Å². The summed E-state index contributed by atoms with van der Waals surface area (Å²) in [6, 6.07) is 27.1. The minimum absolute atomic E-state index is 0.0428. The zero-order valence-electron chi connectivity index (χ0n) is 26.6. The van der Waals surface area contributed by atoms with Gasteiger partial charge in [-0.3, -0.25) is 9.69 Å². The Morgan fingerprint density at radius 1 is 0.596 bits per heavy atom. The number of nitrogens with zero attached hydrogens (tertiary/aromatic N) is 1. The Hall–Kier alpha value is -5.10. The highest BCUT2D eigenvalue weighted by Crippen LogP contribution is 2.12. The highest BCUT2D eigenvalue weighted by atomic mass is 16.6. The Balaban J connectivity index is 1.39. The molecule has 0 saturated heterocycles. The summed E-state index contributed by atoms with van der Waals surface area (Å²) >= 11 is 0. The molecule has 0 saturated carbocycles. The topological polar surface area (TPSA) is 161 Å². The van der Waals surface area contributed by atoms with Gasteiger partial charge in [0.2, 0.25) is 5.91 Å². The number of hydrogen-bond acceptors (Lipinski definition) is 8. The van der Waals surface area contributed by atoms with Crippen molar-refractivity contribution in [3.63, 3.8) is 0 Å². The van der Waals surface area contributed by atoms with Crippen LogP contribution in [0, 0.1) is 0 Å². The van der Waals surface area contributed by atoms with Crippen molar-refractivity contribution in [3.8, 4) is 0 Å². The standard InChI is InChI=1S/C35H45N5O7/c36-32(41)31(19-10-20-37-21-11-22-38-33(42)45-25-28-13-4-1-5-14-28)40(35(44)47-27-30-17-8-3-9-18-30)24-12-23-39-34(43)46-26-29-15-6-2-7-16-29/h1-9,13-18,31,37H,10-12,19-27H2,(H2,36,41)(H,38,42)(H,39,43). The van der Waals surface area contributed by atoms with E-state index in [4.69, 9.17) is 19.9 Å². The van der Waals surface area contributed by atoms with Crippen LogP contribution in [0.25, 0.3) is 0 Å². The molecule has 47 heavy (non-hydrogen) atoms. The van der Waals surface area contributed by atoms with Crippen LogP contribution in [-0.4, -0.2) is 67.9 Å². The van der Waals surface area contributed by atoms with Crippen molar-refractivity contribution < 1.29 is 33.4 Å². The first-order chi connectivity index (χ1) is 22.9. The third-order valence-electron chi connectivity index (χ3n) is 7.05. The molecule has 1 atom stereocenters. The van der Waals surface area contributed by atoms with Crippen LogP contribution in [-0.2, 0) is 38.8 Å². The van der Waals surface area contributed by atoms with Crippen LogP contribution in [0.4, 0.5) is 14.4 Å². The molecule has 0 aliphatic carbocycles. The number of rotatable bonds is 20. The summed E-state index contributed by atoms with van der Waals surface area (Å²) in [6.45, 7) is 2.40. The summed E-state index contributed by atoms with van der Waals surface area (Å²) in [7, 11) is 0. The van der Waals surface area contributed by atoms with E-state index >= 15 is 0 Å². The van der Waals surface area contributed by atoms with Gasteiger partial charge in [-0.1, -0.05) is 91.0 Å². The predicted molar refractivity (Wildman–Crippen MR) is 177 cm³/mol. The van der Waals surface area contributed by atoms with Gasteiger partial charge < -0.3 is 35.9 Å². The molecule has 5 N–H and O–H groups in total. The quantitative estimate of drug-likeness (QED) is 0.103. The molecule has 4 amide bonds. The first-order valence-corrected chi connectivity index (χ1v) is 15.8. The molecule has 252 valence electrons. The third-order valence-corrected chi connectivity index (χ3v) is 7.05. The van der Waals surface area contributed by atoms with Crippen molar-refractivity contribution in [1.29, 1.82) is 0 Å². The first kappa shape index (κ1) is 36.4. The van der Waals surface area contributed by atoms with Crippen molar-refractivity contribution in [1.82, 2.24) is 20.9 Å². The molecular formula is C35H45N5O7. The summed E-state index contributed by atoms with van der Waals surface area (Å²) in [4.78, 5) is 51.0. The number of hydrogen-bond donors (Lipinski definition) is 4. The zero-order valence-corrected chi connectivity index (χ0v) is 26.6. The summed E-state index contributed by atoms with van der Waals surface area (Å²) in [5.41, 5.74) is 8.34. The Kier molecular flexibility index (Phi) is 16.7. The monoisotopic (exact) mass is 647 g/mol. The fourth-order valence-corrected chi connectivity index (χ4v) is 4.57. The van der Waals surface area contributed by atoms with Gasteiger partial charge in [-0.2, -0.15) is 0 Å². The van der Waals surface area contributed by atoms with Crippen molar-refractivity contribution in [3.05, 3.63) is 108 Å². The molecule has 1 unspecified atom stereocenters. The smallest absolute Gasteiger partial charge is 0.410 e. The molecule has 3 aromatic rings. The van der Waals surface area contributed by atoms with Crippen LogP contribution >= 0.6 is 0 Å². The SMILES string of the molecule is NC(=O)C(CCCNCCCNC(=O)OCc1ccccc1)N(CCCNC(=O)OCc1ccccc1)C(=O)OCc1ccccc1. The lowest BCUT2D eigenvalue weighted by Crippen LogP contribution is -2.49. The number of carbonyl (C=O) groups is 4. The molecular weight excluding hydrogens is 602 g/mol. The average Bonchev–Trinajstić information content (AvgIpc) is 3.10.